The molecule has 3 nitrogen and oxygen atoms in total. The number of hydrogen-bond donors (Lipinski definition) is 1. The first-order valence-corrected chi connectivity index (χ1v) is 5.60. The summed E-state index contributed by atoms with van der Waals surface area (Å²) in [6, 6.07) is 7.41. The standard InChI is InChI=1S/C14H17NO2/c1-3-5-12(10-14(16)17-4-2)11-6-8-13(15)9-7-11/h6-9,12H,4,10,15H2,1-2H3/t12-/m1/s1. The molecule has 0 radical (unpaired) electrons. The van der Waals surface area contributed by atoms with Gasteiger partial charge in [0.05, 0.1) is 18.9 Å². The van der Waals surface area contributed by atoms with E-state index in [9.17, 15) is 4.79 Å². The van der Waals surface area contributed by atoms with Gasteiger partial charge < -0.3 is 10.5 Å². The average molecular weight is 231 g/mol. The molecule has 0 bridgehead atoms. The number of nitrogens with two attached hydrogens (primary N) is 1. The summed E-state index contributed by atoms with van der Waals surface area (Å²) < 4.78 is 4.93. The minimum atomic E-state index is -0.225. The minimum absolute atomic E-state index is 0.125. The Morgan fingerprint density at radius 2 is 2.06 bits per heavy atom. The predicted molar refractivity (Wildman–Crippen MR) is 68.3 cm³/mol. The van der Waals surface area contributed by atoms with Crippen LogP contribution in [0.4, 0.5) is 5.69 Å². The van der Waals surface area contributed by atoms with Crippen LogP contribution in [-0.4, -0.2) is 12.6 Å². The Morgan fingerprint density at radius 1 is 1.41 bits per heavy atom. The molecule has 1 rings (SSSR count). The van der Waals surface area contributed by atoms with Gasteiger partial charge in [-0.2, -0.15) is 0 Å². The van der Waals surface area contributed by atoms with Gasteiger partial charge in [0.1, 0.15) is 0 Å². The summed E-state index contributed by atoms with van der Waals surface area (Å²) in [5.74, 6) is 5.51. The van der Waals surface area contributed by atoms with E-state index in [-0.39, 0.29) is 18.3 Å². The molecule has 0 unspecified atom stereocenters. The summed E-state index contributed by atoms with van der Waals surface area (Å²) in [6.45, 7) is 3.95. The fourth-order valence-corrected chi connectivity index (χ4v) is 1.54. The second kappa shape index (κ2) is 6.59. The van der Waals surface area contributed by atoms with E-state index in [4.69, 9.17) is 10.5 Å². The second-order valence-electron chi connectivity index (χ2n) is 3.62. The zero-order valence-corrected chi connectivity index (χ0v) is 10.2. The van der Waals surface area contributed by atoms with Crippen molar-refractivity contribution >= 4 is 11.7 Å². The first-order valence-electron chi connectivity index (χ1n) is 5.60. The molecule has 1 aromatic rings. The highest BCUT2D eigenvalue weighted by Gasteiger charge is 2.14. The molecule has 0 aliphatic rings. The third-order valence-corrected chi connectivity index (χ3v) is 2.33. The van der Waals surface area contributed by atoms with Gasteiger partial charge in [0.15, 0.2) is 0 Å². The van der Waals surface area contributed by atoms with Gasteiger partial charge in [-0.15, -0.1) is 5.92 Å². The van der Waals surface area contributed by atoms with Crippen molar-refractivity contribution in [1.82, 2.24) is 0 Å². The van der Waals surface area contributed by atoms with Crippen molar-refractivity contribution in [1.29, 1.82) is 0 Å². The number of carbonyl (C=O) groups excluding carboxylic acids is 1. The van der Waals surface area contributed by atoms with Crippen molar-refractivity contribution in [2.45, 2.75) is 26.2 Å². The number of ether oxygens (including phenoxy) is 1. The predicted octanol–water partition coefficient (Wildman–Crippen LogP) is 2.33. The summed E-state index contributed by atoms with van der Waals surface area (Å²) in [5, 5.41) is 0. The lowest BCUT2D eigenvalue weighted by Gasteiger charge is -2.10. The summed E-state index contributed by atoms with van der Waals surface area (Å²) in [5.41, 5.74) is 7.31. The molecule has 0 saturated heterocycles. The van der Waals surface area contributed by atoms with E-state index in [1.54, 1.807) is 13.8 Å². The first kappa shape index (κ1) is 13.1. The number of nitrogen functional groups attached to an aromatic ring is 1. The molecule has 0 aliphatic heterocycles. The van der Waals surface area contributed by atoms with Crippen LogP contribution in [0.5, 0.6) is 0 Å². The van der Waals surface area contributed by atoms with Crippen molar-refractivity contribution in [3.05, 3.63) is 29.8 Å². The molecular formula is C14H17NO2. The number of rotatable bonds is 4. The summed E-state index contributed by atoms with van der Waals surface area (Å²) in [4.78, 5) is 11.5. The SMILES string of the molecule is CC#C[C@H](CC(=O)OCC)c1ccc(N)cc1. The topological polar surface area (TPSA) is 52.3 Å². The molecule has 0 spiro atoms. The molecule has 3 heteroatoms. The average Bonchev–Trinajstić information content (AvgIpc) is 2.30. The maximum atomic E-state index is 11.5. The molecular weight excluding hydrogens is 214 g/mol. The molecule has 90 valence electrons. The second-order valence-corrected chi connectivity index (χ2v) is 3.62. The van der Waals surface area contributed by atoms with E-state index in [1.165, 1.54) is 0 Å². The number of benzene rings is 1. The lowest BCUT2D eigenvalue weighted by atomic mass is 9.96. The third kappa shape index (κ3) is 4.20. The minimum Gasteiger partial charge on any atom is -0.466 e. The van der Waals surface area contributed by atoms with Gasteiger partial charge in [0.25, 0.3) is 0 Å². The van der Waals surface area contributed by atoms with E-state index in [1.807, 2.05) is 24.3 Å². The zero-order chi connectivity index (χ0) is 12.7. The monoisotopic (exact) mass is 231 g/mol. The van der Waals surface area contributed by atoms with Crippen LogP contribution in [0.25, 0.3) is 0 Å². The van der Waals surface area contributed by atoms with Gasteiger partial charge >= 0.3 is 5.97 Å². The Kier molecular flexibility index (Phi) is 5.09. The summed E-state index contributed by atoms with van der Waals surface area (Å²) >= 11 is 0. The molecule has 0 aliphatic carbocycles. The van der Waals surface area contributed by atoms with Crippen LogP contribution in [0.1, 0.15) is 31.7 Å². The van der Waals surface area contributed by atoms with E-state index in [0.29, 0.717) is 12.3 Å². The number of hydrogen-bond acceptors (Lipinski definition) is 3. The highest BCUT2D eigenvalue weighted by Crippen LogP contribution is 2.20. The number of carbonyl (C=O) groups is 1. The van der Waals surface area contributed by atoms with Crippen molar-refractivity contribution in [3.8, 4) is 11.8 Å². The molecule has 0 amide bonds. The zero-order valence-electron chi connectivity index (χ0n) is 10.2. The Morgan fingerprint density at radius 3 is 2.59 bits per heavy atom. The highest BCUT2D eigenvalue weighted by atomic mass is 16.5. The lowest BCUT2D eigenvalue weighted by Crippen LogP contribution is -2.09. The fraction of sp³-hybridized carbons (Fsp3) is 0.357. The summed E-state index contributed by atoms with van der Waals surface area (Å²) in [6.07, 6.45) is 0.276. The van der Waals surface area contributed by atoms with Crippen molar-refractivity contribution in [2.75, 3.05) is 12.3 Å². The van der Waals surface area contributed by atoms with E-state index in [0.717, 1.165) is 5.56 Å². The smallest absolute Gasteiger partial charge is 0.307 e. The van der Waals surface area contributed by atoms with Gasteiger partial charge in [0.2, 0.25) is 0 Å². The molecule has 1 aromatic carbocycles. The Bertz CT molecular complexity index is 426. The van der Waals surface area contributed by atoms with E-state index >= 15 is 0 Å². The van der Waals surface area contributed by atoms with Crippen molar-refractivity contribution < 1.29 is 9.53 Å². The first-order chi connectivity index (χ1) is 8.17. The third-order valence-electron chi connectivity index (χ3n) is 2.33. The Hall–Kier alpha value is -1.95. The maximum absolute atomic E-state index is 11.5. The number of anilines is 1. The Labute approximate surface area is 102 Å². The molecule has 0 saturated carbocycles. The van der Waals surface area contributed by atoms with Gasteiger partial charge in [0, 0.05) is 5.69 Å². The lowest BCUT2D eigenvalue weighted by molar-refractivity contribution is -0.143. The van der Waals surface area contributed by atoms with Crippen LogP contribution in [0, 0.1) is 11.8 Å². The van der Waals surface area contributed by atoms with Crippen molar-refractivity contribution in [3.63, 3.8) is 0 Å². The van der Waals surface area contributed by atoms with Gasteiger partial charge in [-0.3, -0.25) is 4.79 Å². The normalized spacial score (nSPS) is 11.2. The Balaban J connectivity index is 2.81. The van der Waals surface area contributed by atoms with Crippen LogP contribution < -0.4 is 5.73 Å². The molecule has 1 atom stereocenters. The van der Waals surface area contributed by atoms with Gasteiger partial charge in [-0.25, -0.2) is 0 Å². The maximum Gasteiger partial charge on any atom is 0.307 e. The molecule has 0 fully saturated rings. The largest absolute Gasteiger partial charge is 0.466 e. The highest BCUT2D eigenvalue weighted by molar-refractivity contribution is 5.71. The van der Waals surface area contributed by atoms with Crippen LogP contribution >= 0.6 is 0 Å². The van der Waals surface area contributed by atoms with Crippen LogP contribution in [0.15, 0.2) is 24.3 Å². The van der Waals surface area contributed by atoms with Crippen LogP contribution in [-0.2, 0) is 9.53 Å². The summed E-state index contributed by atoms with van der Waals surface area (Å²) in [7, 11) is 0. The quantitative estimate of drug-likeness (QED) is 0.491. The van der Waals surface area contributed by atoms with Gasteiger partial charge in [-0.1, -0.05) is 18.1 Å². The van der Waals surface area contributed by atoms with Crippen LogP contribution in [0.3, 0.4) is 0 Å². The molecule has 17 heavy (non-hydrogen) atoms. The molecule has 0 heterocycles. The number of esters is 1. The van der Waals surface area contributed by atoms with E-state index < -0.39 is 0 Å². The molecule has 2 N–H and O–H groups in total. The van der Waals surface area contributed by atoms with Crippen molar-refractivity contribution in [2.24, 2.45) is 0 Å². The molecule has 0 aromatic heterocycles. The van der Waals surface area contributed by atoms with Gasteiger partial charge in [-0.05, 0) is 31.5 Å². The van der Waals surface area contributed by atoms with E-state index in [2.05, 4.69) is 11.8 Å². The van der Waals surface area contributed by atoms with Crippen LogP contribution in [0.2, 0.25) is 0 Å². The fourth-order valence-electron chi connectivity index (χ4n) is 1.54.